The van der Waals surface area contributed by atoms with Gasteiger partial charge < -0.3 is 10.6 Å². The summed E-state index contributed by atoms with van der Waals surface area (Å²) in [5, 5.41) is 6.75. The number of hydrogen-bond acceptors (Lipinski definition) is 3. The summed E-state index contributed by atoms with van der Waals surface area (Å²) >= 11 is 0. The van der Waals surface area contributed by atoms with Gasteiger partial charge in [0.1, 0.15) is 0 Å². The van der Waals surface area contributed by atoms with E-state index < -0.39 is 0 Å². The highest BCUT2D eigenvalue weighted by molar-refractivity contribution is 5.91. The molecule has 0 saturated carbocycles. The molecule has 4 heteroatoms. The number of pyridine rings is 1. The molecule has 0 spiro atoms. The zero-order valence-electron chi connectivity index (χ0n) is 15.3. The predicted molar refractivity (Wildman–Crippen MR) is 105 cm³/mol. The molecule has 0 fully saturated rings. The van der Waals surface area contributed by atoms with Crippen LogP contribution in [-0.2, 0) is 4.79 Å². The van der Waals surface area contributed by atoms with Crippen LogP contribution in [0, 0.1) is 11.8 Å². The highest BCUT2D eigenvalue weighted by atomic mass is 16.1. The number of benzene rings is 1. The van der Waals surface area contributed by atoms with Gasteiger partial charge in [0.2, 0.25) is 5.91 Å². The fourth-order valence-corrected chi connectivity index (χ4v) is 4.14. The van der Waals surface area contributed by atoms with Gasteiger partial charge in [-0.2, -0.15) is 0 Å². The molecule has 3 unspecified atom stereocenters. The molecule has 2 N–H and O–H groups in total. The monoisotopic (exact) mass is 347 g/mol. The van der Waals surface area contributed by atoms with Crippen LogP contribution in [0.4, 0.5) is 11.4 Å². The Bertz CT molecular complexity index is 829. The Hall–Kier alpha value is -2.62. The van der Waals surface area contributed by atoms with Crippen molar-refractivity contribution in [1.29, 1.82) is 0 Å². The lowest BCUT2D eigenvalue weighted by atomic mass is 9.77. The molecule has 0 bridgehead atoms. The molecular formula is C22H25N3O. The van der Waals surface area contributed by atoms with Crippen LogP contribution in [-0.4, -0.2) is 10.9 Å². The number of amides is 1. The van der Waals surface area contributed by atoms with Crippen LogP contribution in [0.1, 0.15) is 49.8 Å². The first-order valence-corrected chi connectivity index (χ1v) is 9.38. The van der Waals surface area contributed by atoms with E-state index in [0.29, 0.717) is 24.2 Å². The van der Waals surface area contributed by atoms with Crippen LogP contribution in [0.25, 0.3) is 0 Å². The molecule has 2 heterocycles. The molecule has 1 aromatic carbocycles. The van der Waals surface area contributed by atoms with E-state index in [4.69, 9.17) is 0 Å². The number of nitrogens with one attached hydrogen (secondary N) is 2. The van der Waals surface area contributed by atoms with E-state index in [9.17, 15) is 4.79 Å². The molecule has 3 atom stereocenters. The van der Waals surface area contributed by atoms with Gasteiger partial charge >= 0.3 is 0 Å². The van der Waals surface area contributed by atoms with Crippen LogP contribution >= 0.6 is 0 Å². The van der Waals surface area contributed by atoms with E-state index in [0.717, 1.165) is 17.8 Å². The Labute approximate surface area is 154 Å². The number of allylic oxidation sites excluding steroid dienone is 2. The van der Waals surface area contributed by atoms with Crippen LogP contribution in [0.3, 0.4) is 0 Å². The van der Waals surface area contributed by atoms with Crippen molar-refractivity contribution < 1.29 is 4.79 Å². The maximum atomic E-state index is 12.1. The Morgan fingerprint density at radius 2 is 2.23 bits per heavy atom. The summed E-state index contributed by atoms with van der Waals surface area (Å²) in [4.78, 5) is 16.4. The van der Waals surface area contributed by atoms with Crippen LogP contribution in [0.15, 0.2) is 54.9 Å². The van der Waals surface area contributed by atoms with Gasteiger partial charge in [-0.3, -0.25) is 9.78 Å². The number of rotatable bonds is 4. The average Bonchev–Trinajstić information content (AvgIpc) is 3.11. The number of hydrogen-bond donors (Lipinski definition) is 2. The molecule has 4 nitrogen and oxygen atoms in total. The van der Waals surface area contributed by atoms with Crippen molar-refractivity contribution in [2.45, 2.75) is 38.6 Å². The molecule has 26 heavy (non-hydrogen) atoms. The maximum Gasteiger partial charge on any atom is 0.224 e. The zero-order valence-corrected chi connectivity index (χ0v) is 15.3. The highest BCUT2D eigenvalue weighted by Gasteiger charge is 2.38. The van der Waals surface area contributed by atoms with Crippen LogP contribution in [0.2, 0.25) is 0 Å². The van der Waals surface area contributed by atoms with Gasteiger partial charge in [-0.25, -0.2) is 0 Å². The van der Waals surface area contributed by atoms with Gasteiger partial charge in [-0.1, -0.05) is 32.1 Å². The topological polar surface area (TPSA) is 54.0 Å². The van der Waals surface area contributed by atoms with Crippen molar-refractivity contribution in [3.05, 3.63) is 66.0 Å². The summed E-state index contributed by atoms with van der Waals surface area (Å²) in [6.45, 7) is 4.12. The second-order valence-electron chi connectivity index (χ2n) is 7.71. The molecule has 2 aromatic rings. The van der Waals surface area contributed by atoms with Gasteiger partial charge in [-0.15, -0.1) is 0 Å². The minimum atomic E-state index is 0.0791. The predicted octanol–water partition coefficient (Wildman–Crippen LogP) is 4.89. The third-order valence-electron chi connectivity index (χ3n) is 5.28. The first-order valence-electron chi connectivity index (χ1n) is 9.38. The summed E-state index contributed by atoms with van der Waals surface area (Å²) in [6.07, 6.45) is 9.97. The third kappa shape index (κ3) is 3.24. The van der Waals surface area contributed by atoms with E-state index in [-0.39, 0.29) is 11.9 Å². The minimum Gasteiger partial charge on any atom is -0.378 e. The molecule has 1 aromatic heterocycles. The fourth-order valence-electron chi connectivity index (χ4n) is 4.14. The standard InChI is InChI=1S/C22H25N3O/c1-14(2)11-21(26)24-16-8-9-20-19(12-16)17-6-3-7-18(17)22(25-20)15-5-4-10-23-13-15/h3-6,8-10,12-14,17-18,22,25H,7,11H2,1-2H3,(H,24,26). The first-order chi connectivity index (χ1) is 12.6. The summed E-state index contributed by atoms with van der Waals surface area (Å²) in [7, 11) is 0. The third-order valence-corrected chi connectivity index (χ3v) is 5.28. The Balaban J connectivity index is 1.62. The minimum absolute atomic E-state index is 0.0791. The Morgan fingerprint density at radius 1 is 1.35 bits per heavy atom. The van der Waals surface area contributed by atoms with Crippen molar-refractivity contribution in [2.75, 3.05) is 10.6 Å². The number of nitrogens with zero attached hydrogens (tertiary/aromatic N) is 1. The molecule has 0 radical (unpaired) electrons. The van der Waals surface area contributed by atoms with Gasteiger partial charge in [-0.05, 0) is 53.6 Å². The Morgan fingerprint density at radius 3 is 3.00 bits per heavy atom. The molecule has 1 amide bonds. The lowest BCUT2D eigenvalue weighted by Gasteiger charge is -2.37. The number of aromatic nitrogens is 1. The quantitative estimate of drug-likeness (QED) is 0.774. The largest absolute Gasteiger partial charge is 0.378 e. The summed E-state index contributed by atoms with van der Waals surface area (Å²) in [5.74, 6) is 1.29. The summed E-state index contributed by atoms with van der Waals surface area (Å²) < 4.78 is 0. The number of carbonyl (C=O) groups excluding carboxylic acids is 1. The number of fused-ring (bicyclic) bond motifs is 3. The SMILES string of the molecule is CC(C)CC(=O)Nc1ccc2c(c1)C1C=CCC1C(c1cccnc1)N2. The highest BCUT2D eigenvalue weighted by Crippen LogP contribution is 2.50. The second kappa shape index (κ2) is 6.94. The fraction of sp³-hybridized carbons (Fsp3) is 0.364. The van der Waals surface area contributed by atoms with Crippen LogP contribution in [0.5, 0.6) is 0 Å². The van der Waals surface area contributed by atoms with Gasteiger partial charge in [0, 0.05) is 36.1 Å². The smallest absolute Gasteiger partial charge is 0.224 e. The summed E-state index contributed by atoms with van der Waals surface area (Å²) in [6, 6.07) is 10.6. The van der Waals surface area contributed by atoms with E-state index in [2.05, 4.69) is 59.8 Å². The van der Waals surface area contributed by atoms with E-state index in [1.807, 2.05) is 24.5 Å². The van der Waals surface area contributed by atoms with Crippen molar-refractivity contribution in [2.24, 2.45) is 11.8 Å². The molecule has 2 aliphatic rings. The summed E-state index contributed by atoms with van der Waals surface area (Å²) in [5.41, 5.74) is 4.53. The average molecular weight is 347 g/mol. The lowest BCUT2D eigenvalue weighted by molar-refractivity contribution is -0.116. The maximum absolute atomic E-state index is 12.1. The van der Waals surface area contributed by atoms with Crippen LogP contribution < -0.4 is 10.6 Å². The van der Waals surface area contributed by atoms with Crippen molar-refractivity contribution in [3.8, 4) is 0 Å². The van der Waals surface area contributed by atoms with Crippen molar-refractivity contribution in [1.82, 2.24) is 4.98 Å². The molecule has 4 rings (SSSR count). The van der Waals surface area contributed by atoms with Gasteiger partial charge in [0.25, 0.3) is 0 Å². The Kier molecular flexibility index (Phi) is 4.49. The van der Waals surface area contributed by atoms with E-state index >= 15 is 0 Å². The van der Waals surface area contributed by atoms with E-state index in [1.54, 1.807) is 0 Å². The molecule has 1 aliphatic carbocycles. The van der Waals surface area contributed by atoms with E-state index in [1.165, 1.54) is 11.1 Å². The number of anilines is 2. The first kappa shape index (κ1) is 16.8. The van der Waals surface area contributed by atoms with Crippen molar-refractivity contribution >= 4 is 17.3 Å². The second-order valence-corrected chi connectivity index (χ2v) is 7.71. The molecular weight excluding hydrogens is 322 g/mol. The normalized spacial score (nSPS) is 23.3. The molecule has 134 valence electrons. The zero-order chi connectivity index (χ0) is 18.1. The lowest BCUT2D eigenvalue weighted by Crippen LogP contribution is -2.29. The van der Waals surface area contributed by atoms with Gasteiger partial charge in [0.05, 0.1) is 6.04 Å². The molecule has 1 aliphatic heterocycles. The number of carbonyl (C=O) groups is 1. The van der Waals surface area contributed by atoms with Crippen molar-refractivity contribution in [3.63, 3.8) is 0 Å². The molecule has 0 saturated heterocycles. The van der Waals surface area contributed by atoms with Gasteiger partial charge in [0.15, 0.2) is 0 Å².